The minimum Gasteiger partial charge on any atom is -0.384 e. The highest BCUT2D eigenvalue weighted by Gasteiger charge is 2.30. The van der Waals surface area contributed by atoms with Crippen molar-refractivity contribution in [1.82, 2.24) is 9.47 Å². The summed E-state index contributed by atoms with van der Waals surface area (Å²) in [6.07, 6.45) is 11.5. The zero-order valence-electron chi connectivity index (χ0n) is 18.3. The van der Waals surface area contributed by atoms with Gasteiger partial charge in [-0.2, -0.15) is 0 Å². The van der Waals surface area contributed by atoms with Gasteiger partial charge in [-0.1, -0.05) is 31.4 Å². The van der Waals surface area contributed by atoms with E-state index in [9.17, 15) is 4.79 Å². The van der Waals surface area contributed by atoms with Gasteiger partial charge in [-0.3, -0.25) is 10.2 Å². The molecule has 2 aromatic rings. The summed E-state index contributed by atoms with van der Waals surface area (Å²) < 4.78 is 2.34. The molecule has 1 aliphatic heterocycles. The Bertz CT molecular complexity index is 909. The maximum atomic E-state index is 13.0. The van der Waals surface area contributed by atoms with Gasteiger partial charge in [-0.05, 0) is 68.9 Å². The molecule has 4 rings (SSSR count). The topological polar surface area (TPSA) is 75.1 Å². The van der Waals surface area contributed by atoms with Crippen molar-refractivity contribution >= 4 is 22.6 Å². The van der Waals surface area contributed by atoms with E-state index in [4.69, 9.17) is 11.1 Å². The Balaban J connectivity index is 1.43. The third-order valence-electron chi connectivity index (χ3n) is 7.24. The van der Waals surface area contributed by atoms with Crippen LogP contribution in [0, 0.1) is 11.3 Å². The van der Waals surface area contributed by atoms with Gasteiger partial charge in [0.2, 0.25) is 5.91 Å². The summed E-state index contributed by atoms with van der Waals surface area (Å²) in [4.78, 5) is 15.2. The van der Waals surface area contributed by atoms with E-state index in [-0.39, 0.29) is 5.84 Å². The first-order chi connectivity index (χ1) is 14.6. The minimum atomic E-state index is 0.111. The number of hydrogen-bond acceptors (Lipinski definition) is 2. The highest BCUT2D eigenvalue weighted by atomic mass is 16.2. The summed E-state index contributed by atoms with van der Waals surface area (Å²) in [6.45, 7) is 4.00. The van der Waals surface area contributed by atoms with Crippen molar-refractivity contribution in [1.29, 1.82) is 5.41 Å². The quantitative estimate of drug-likeness (QED) is 0.508. The average molecular weight is 409 g/mol. The summed E-state index contributed by atoms with van der Waals surface area (Å²) in [5.41, 5.74) is 8.94. The number of nitrogens with two attached hydrogens (primary N) is 1. The van der Waals surface area contributed by atoms with Crippen molar-refractivity contribution in [2.45, 2.75) is 83.7 Å². The van der Waals surface area contributed by atoms with Crippen LogP contribution in [0.15, 0.2) is 24.3 Å². The lowest BCUT2D eigenvalue weighted by Crippen LogP contribution is -2.37. The molecule has 0 radical (unpaired) electrons. The predicted molar refractivity (Wildman–Crippen MR) is 123 cm³/mol. The summed E-state index contributed by atoms with van der Waals surface area (Å²) in [5.74, 6) is 1.12. The molecule has 2 heterocycles. The van der Waals surface area contributed by atoms with Crippen LogP contribution in [0.5, 0.6) is 0 Å². The Kier molecular flexibility index (Phi) is 6.45. The van der Waals surface area contributed by atoms with Crippen LogP contribution in [0.4, 0.5) is 0 Å². The van der Waals surface area contributed by atoms with Crippen LogP contribution >= 0.6 is 0 Å². The van der Waals surface area contributed by atoms with E-state index in [0.29, 0.717) is 17.9 Å². The largest absolute Gasteiger partial charge is 0.384 e. The molecule has 1 aliphatic carbocycles. The molecule has 1 aromatic heterocycles. The van der Waals surface area contributed by atoms with Crippen LogP contribution in [0.25, 0.3) is 10.9 Å². The number of nitrogens with one attached hydrogen (secondary N) is 1. The maximum absolute atomic E-state index is 13.0. The summed E-state index contributed by atoms with van der Waals surface area (Å²) >= 11 is 0. The molecule has 30 heavy (non-hydrogen) atoms. The van der Waals surface area contributed by atoms with Crippen LogP contribution in [0.1, 0.15) is 76.0 Å². The Morgan fingerprint density at radius 3 is 2.67 bits per heavy atom. The third-order valence-corrected chi connectivity index (χ3v) is 7.24. The molecular formula is C25H36N4O. The second-order valence-electron chi connectivity index (χ2n) is 9.20. The molecule has 0 spiro atoms. The van der Waals surface area contributed by atoms with Gasteiger partial charge in [0, 0.05) is 42.3 Å². The van der Waals surface area contributed by atoms with Crippen LogP contribution in [0.2, 0.25) is 0 Å². The van der Waals surface area contributed by atoms with Crippen molar-refractivity contribution in [2.24, 2.45) is 11.7 Å². The number of hydrogen-bond donors (Lipinski definition) is 2. The van der Waals surface area contributed by atoms with Crippen molar-refractivity contribution in [3.63, 3.8) is 0 Å². The molecule has 162 valence electrons. The van der Waals surface area contributed by atoms with E-state index >= 15 is 0 Å². The number of aromatic nitrogens is 1. The van der Waals surface area contributed by atoms with E-state index in [2.05, 4.69) is 28.5 Å². The molecule has 5 nitrogen and oxygen atoms in total. The molecule has 3 N–H and O–H groups in total. The number of rotatable bonds is 7. The average Bonchev–Trinajstić information content (AvgIpc) is 3.36. The first-order valence-corrected chi connectivity index (χ1v) is 11.8. The molecule has 1 aromatic carbocycles. The van der Waals surface area contributed by atoms with E-state index in [1.165, 1.54) is 43.2 Å². The van der Waals surface area contributed by atoms with Crippen LogP contribution < -0.4 is 5.73 Å². The Hall–Kier alpha value is -2.30. The molecule has 0 bridgehead atoms. The van der Waals surface area contributed by atoms with E-state index in [1.54, 1.807) is 0 Å². The number of fused-ring (bicyclic) bond motifs is 1. The molecule has 2 aliphatic rings. The molecular weight excluding hydrogens is 372 g/mol. The van der Waals surface area contributed by atoms with Gasteiger partial charge in [0.15, 0.2) is 0 Å². The molecule has 2 fully saturated rings. The number of carbonyl (C=O) groups excluding carboxylic acids is 1. The van der Waals surface area contributed by atoms with Crippen molar-refractivity contribution in [2.75, 3.05) is 6.54 Å². The second kappa shape index (κ2) is 9.23. The zero-order valence-corrected chi connectivity index (χ0v) is 18.3. The molecule has 1 saturated heterocycles. The van der Waals surface area contributed by atoms with Crippen molar-refractivity contribution < 1.29 is 4.79 Å². The van der Waals surface area contributed by atoms with Crippen molar-refractivity contribution in [3.8, 4) is 0 Å². The first kappa shape index (κ1) is 21.0. The van der Waals surface area contributed by atoms with Gasteiger partial charge in [0.25, 0.3) is 0 Å². The highest BCUT2D eigenvalue weighted by Crippen LogP contribution is 2.30. The van der Waals surface area contributed by atoms with Gasteiger partial charge < -0.3 is 15.2 Å². The zero-order chi connectivity index (χ0) is 21.1. The van der Waals surface area contributed by atoms with E-state index < -0.39 is 0 Å². The van der Waals surface area contributed by atoms with Crippen molar-refractivity contribution in [3.05, 3.63) is 35.5 Å². The van der Waals surface area contributed by atoms with E-state index in [1.807, 2.05) is 12.1 Å². The second-order valence-corrected chi connectivity index (χ2v) is 9.20. The third kappa shape index (κ3) is 4.40. The number of amidine groups is 1. The fourth-order valence-corrected chi connectivity index (χ4v) is 5.59. The standard InChI is InChI=1S/C25H36N4O/c1-2-28-22(16-19-10-11-20(25(26)27)17-23(19)28)13-12-21-9-6-14-29(21)24(30)15-18-7-4-3-5-8-18/h10-11,16-18,21H,2-9,12-15H2,1H3,(H3,26,27)/t21-/m0/s1. The normalized spacial score (nSPS) is 20.2. The van der Waals surface area contributed by atoms with Crippen LogP contribution in [-0.2, 0) is 17.8 Å². The Morgan fingerprint density at radius 2 is 1.93 bits per heavy atom. The number of aryl methyl sites for hydroxylation is 2. The number of nitrogens with zero attached hydrogens (tertiary/aromatic N) is 2. The Morgan fingerprint density at radius 1 is 1.13 bits per heavy atom. The summed E-state index contributed by atoms with van der Waals surface area (Å²) in [5, 5.41) is 8.93. The molecule has 1 saturated carbocycles. The van der Waals surface area contributed by atoms with Crippen LogP contribution in [-0.4, -0.2) is 33.8 Å². The number of carbonyl (C=O) groups is 1. The SMILES string of the molecule is CCn1c(CC[C@@H]2CCCN2C(=O)CC2CCCCC2)cc2ccc(C(=N)N)cc21. The van der Waals surface area contributed by atoms with Gasteiger partial charge in [0.1, 0.15) is 5.84 Å². The van der Waals surface area contributed by atoms with Gasteiger partial charge in [0.05, 0.1) is 0 Å². The summed E-state index contributed by atoms with van der Waals surface area (Å²) in [7, 11) is 0. The smallest absolute Gasteiger partial charge is 0.223 e. The van der Waals surface area contributed by atoms with Gasteiger partial charge >= 0.3 is 0 Å². The first-order valence-electron chi connectivity index (χ1n) is 11.8. The predicted octanol–water partition coefficient (Wildman–Crippen LogP) is 4.84. The fourth-order valence-electron chi connectivity index (χ4n) is 5.59. The maximum Gasteiger partial charge on any atom is 0.223 e. The van der Waals surface area contributed by atoms with Gasteiger partial charge in [-0.15, -0.1) is 0 Å². The van der Waals surface area contributed by atoms with Crippen LogP contribution in [0.3, 0.4) is 0 Å². The molecule has 5 heteroatoms. The minimum absolute atomic E-state index is 0.111. The number of nitrogen functional groups attached to an aromatic ring is 1. The fraction of sp³-hybridized carbons (Fsp3) is 0.600. The lowest BCUT2D eigenvalue weighted by molar-refractivity contribution is -0.133. The monoisotopic (exact) mass is 408 g/mol. The highest BCUT2D eigenvalue weighted by molar-refractivity contribution is 5.98. The number of benzene rings is 1. The molecule has 1 atom stereocenters. The number of amides is 1. The molecule has 1 amide bonds. The summed E-state index contributed by atoms with van der Waals surface area (Å²) in [6, 6.07) is 8.68. The Labute approximate surface area is 180 Å². The lowest BCUT2D eigenvalue weighted by Gasteiger charge is -2.28. The van der Waals surface area contributed by atoms with Gasteiger partial charge in [-0.25, -0.2) is 0 Å². The number of likely N-dealkylation sites (tertiary alicyclic amines) is 1. The van der Waals surface area contributed by atoms with E-state index in [0.717, 1.165) is 56.3 Å². The lowest BCUT2D eigenvalue weighted by atomic mass is 9.86. The molecule has 0 unspecified atom stereocenters.